The van der Waals surface area contributed by atoms with Crippen LogP contribution in [0.4, 0.5) is 11.4 Å². The molecule has 1 aliphatic heterocycles. The Morgan fingerprint density at radius 1 is 1.03 bits per heavy atom. The van der Waals surface area contributed by atoms with Gasteiger partial charge in [0.2, 0.25) is 5.91 Å². The molecule has 0 fully saturated rings. The maximum Gasteiger partial charge on any atom is 0.224 e. The number of fused-ring (bicyclic) bond motifs is 1. The van der Waals surface area contributed by atoms with Gasteiger partial charge >= 0.3 is 0 Å². The van der Waals surface area contributed by atoms with Crippen LogP contribution in [0, 0.1) is 0 Å². The van der Waals surface area contributed by atoms with E-state index in [1.54, 1.807) is 6.92 Å². The van der Waals surface area contributed by atoms with Crippen LogP contribution in [0.15, 0.2) is 66.7 Å². The monoisotopic (exact) mass is 418 g/mol. The molecule has 152 valence electrons. The predicted octanol–water partition coefficient (Wildman–Crippen LogP) is 6.12. The van der Waals surface area contributed by atoms with Crippen molar-refractivity contribution in [2.75, 3.05) is 10.2 Å². The molecule has 30 heavy (non-hydrogen) atoms. The number of halogens is 1. The van der Waals surface area contributed by atoms with E-state index in [2.05, 4.69) is 18.3 Å². The summed E-state index contributed by atoms with van der Waals surface area (Å²) in [5.74, 6) is 0.0387. The Bertz CT molecular complexity index is 1080. The first-order chi connectivity index (χ1) is 14.5. The van der Waals surface area contributed by atoms with Crippen LogP contribution in [0.25, 0.3) is 11.1 Å². The van der Waals surface area contributed by atoms with Crippen LogP contribution in [0.2, 0.25) is 5.02 Å². The van der Waals surface area contributed by atoms with Gasteiger partial charge in [-0.25, -0.2) is 0 Å². The zero-order valence-corrected chi connectivity index (χ0v) is 17.7. The van der Waals surface area contributed by atoms with E-state index >= 15 is 0 Å². The highest BCUT2D eigenvalue weighted by Gasteiger charge is 2.32. The lowest BCUT2D eigenvalue weighted by Gasteiger charge is -2.39. The molecule has 0 unspecified atom stereocenters. The van der Waals surface area contributed by atoms with Crippen molar-refractivity contribution in [3.8, 4) is 11.1 Å². The fourth-order valence-electron chi connectivity index (χ4n) is 4.16. The molecular formula is C25H23ClN2O2. The molecule has 4 nitrogen and oxygen atoms in total. The molecule has 1 heterocycles. The van der Waals surface area contributed by atoms with Gasteiger partial charge in [-0.3, -0.25) is 9.59 Å². The Labute approximate surface area is 181 Å². The van der Waals surface area contributed by atoms with Crippen LogP contribution in [0.1, 0.15) is 42.2 Å². The minimum Gasteiger partial charge on any atom is -0.378 e. The zero-order chi connectivity index (χ0) is 21.3. The van der Waals surface area contributed by atoms with Crippen molar-refractivity contribution in [1.82, 2.24) is 0 Å². The molecule has 0 radical (unpaired) electrons. The highest BCUT2D eigenvalue weighted by Crippen LogP contribution is 2.41. The Balaban J connectivity index is 1.76. The van der Waals surface area contributed by atoms with E-state index in [-0.39, 0.29) is 18.0 Å². The van der Waals surface area contributed by atoms with Gasteiger partial charge in [0, 0.05) is 34.9 Å². The lowest BCUT2D eigenvalue weighted by atomic mass is 9.88. The van der Waals surface area contributed by atoms with Crippen molar-refractivity contribution in [2.45, 2.75) is 32.4 Å². The van der Waals surface area contributed by atoms with Crippen LogP contribution in [0.5, 0.6) is 0 Å². The van der Waals surface area contributed by atoms with Gasteiger partial charge in [-0.2, -0.15) is 0 Å². The van der Waals surface area contributed by atoms with E-state index in [4.69, 9.17) is 11.6 Å². The molecular weight excluding hydrogens is 396 g/mol. The van der Waals surface area contributed by atoms with Gasteiger partial charge in [0.15, 0.2) is 0 Å². The summed E-state index contributed by atoms with van der Waals surface area (Å²) in [4.78, 5) is 25.2. The second-order valence-corrected chi connectivity index (χ2v) is 8.13. The molecule has 0 aromatic heterocycles. The lowest BCUT2D eigenvalue weighted by molar-refractivity contribution is -0.117. The highest BCUT2D eigenvalue weighted by molar-refractivity contribution is 6.30. The fraction of sp³-hybridized carbons (Fsp3) is 0.200. The van der Waals surface area contributed by atoms with Gasteiger partial charge < -0.3 is 10.2 Å². The second kappa shape index (κ2) is 8.33. The van der Waals surface area contributed by atoms with Crippen LogP contribution in [-0.2, 0) is 4.79 Å². The van der Waals surface area contributed by atoms with E-state index in [9.17, 15) is 9.59 Å². The number of hydrogen-bond acceptors (Lipinski definition) is 3. The summed E-state index contributed by atoms with van der Waals surface area (Å²) in [6.07, 6.45) is 1.64. The summed E-state index contributed by atoms with van der Waals surface area (Å²) in [6.45, 7) is 3.69. The Hall–Kier alpha value is -3.11. The van der Waals surface area contributed by atoms with Crippen molar-refractivity contribution >= 4 is 35.2 Å². The van der Waals surface area contributed by atoms with Crippen molar-refractivity contribution < 1.29 is 9.59 Å². The first kappa shape index (κ1) is 20.2. The maximum absolute atomic E-state index is 12.4. The third-order valence-electron chi connectivity index (χ3n) is 5.58. The Kier molecular flexibility index (Phi) is 5.60. The molecule has 0 spiro atoms. The Morgan fingerprint density at radius 3 is 2.33 bits per heavy atom. The molecule has 1 N–H and O–H groups in total. The minimum atomic E-state index is 0.0387. The molecule has 0 bridgehead atoms. The van der Waals surface area contributed by atoms with Crippen LogP contribution < -0.4 is 10.2 Å². The molecule has 0 saturated heterocycles. The molecule has 0 aliphatic carbocycles. The number of benzene rings is 3. The molecule has 1 aliphatic rings. The summed E-state index contributed by atoms with van der Waals surface area (Å²) in [5.41, 5.74) is 5.72. The molecule has 4 rings (SSSR count). The summed E-state index contributed by atoms with van der Waals surface area (Å²) in [7, 11) is 0. The normalized spacial score (nSPS) is 17.9. The molecule has 2 atom stereocenters. The standard InChI is InChI=1S/C25H23ClN2O2/c1-16-13-24(27-22-10-8-21(26)9-11-22)23-14-20(7-12-25(23)28(16)17(2)30)19-5-3-18(15-29)4-6-19/h3-12,14-16,24,27H,13H2,1-2H3/t16-,24+/m0/s1. The van der Waals surface area contributed by atoms with E-state index in [0.717, 1.165) is 40.8 Å². The summed E-state index contributed by atoms with van der Waals surface area (Å²) in [6, 6.07) is 21.5. The highest BCUT2D eigenvalue weighted by atomic mass is 35.5. The van der Waals surface area contributed by atoms with Gasteiger partial charge in [-0.1, -0.05) is 41.9 Å². The quantitative estimate of drug-likeness (QED) is 0.519. The molecule has 0 saturated carbocycles. The molecule has 1 amide bonds. The third-order valence-corrected chi connectivity index (χ3v) is 5.84. The van der Waals surface area contributed by atoms with E-state index in [1.807, 2.05) is 65.6 Å². The number of nitrogens with one attached hydrogen (secondary N) is 1. The van der Waals surface area contributed by atoms with E-state index in [0.29, 0.717) is 10.6 Å². The smallest absolute Gasteiger partial charge is 0.224 e. The van der Waals surface area contributed by atoms with Gasteiger partial charge in [0.1, 0.15) is 6.29 Å². The van der Waals surface area contributed by atoms with Crippen molar-refractivity contribution in [3.05, 3.63) is 82.9 Å². The Morgan fingerprint density at radius 2 is 1.70 bits per heavy atom. The number of nitrogens with zero attached hydrogens (tertiary/aromatic N) is 1. The number of hydrogen-bond donors (Lipinski definition) is 1. The van der Waals surface area contributed by atoms with Gasteiger partial charge in [0.25, 0.3) is 0 Å². The minimum absolute atomic E-state index is 0.0387. The summed E-state index contributed by atoms with van der Waals surface area (Å²) < 4.78 is 0. The third kappa shape index (κ3) is 3.96. The topological polar surface area (TPSA) is 49.4 Å². The van der Waals surface area contributed by atoms with Crippen molar-refractivity contribution in [3.63, 3.8) is 0 Å². The molecule has 3 aromatic carbocycles. The summed E-state index contributed by atoms with van der Waals surface area (Å²) >= 11 is 6.03. The van der Waals surface area contributed by atoms with Crippen LogP contribution in [-0.4, -0.2) is 18.2 Å². The number of anilines is 2. The summed E-state index contributed by atoms with van der Waals surface area (Å²) in [5, 5.41) is 4.30. The number of carbonyl (C=O) groups excluding carboxylic acids is 2. The van der Waals surface area contributed by atoms with Crippen molar-refractivity contribution in [2.24, 2.45) is 0 Å². The molecule has 3 aromatic rings. The number of aldehydes is 1. The fourth-order valence-corrected chi connectivity index (χ4v) is 4.29. The van der Waals surface area contributed by atoms with Gasteiger partial charge in [0.05, 0.1) is 6.04 Å². The maximum atomic E-state index is 12.4. The first-order valence-electron chi connectivity index (χ1n) is 9.97. The number of amides is 1. The van der Waals surface area contributed by atoms with Gasteiger partial charge in [-0.15, -0.1) is 0 Å². The van der Waals surface area contributed by atoms with Gasteiger partial charge in [-0.05, 0) is 66.4 Å². The lowest BCUT2D eigenvalue weighted by Crippen LogP contribution is -2.43. The molecule has 5 heteroatoms. The van der Waals surface area contributed by atoms with Crippen LogP contribution in [0.3, 0.4) is 0 Å². The average Bonchev–Trinajstić information content (AvgIpc) is 2.75. The predicted molar refractivity (Wildman–Crippen MR) is 122 cm³/mol. The second-order valence-electron chi connectivity index (χ2n) is 7.69. The number of rotatable bonds is 4. The zero-order valence-electron chi connectivity index (χ0n) is 16.9. The van der Waals surface area contributed by atoms with Crippen LogP contribution >= 0.6 is 11.6 Å². The van der Waals surface area contributed by atoms with E-state index in [1.165, 1.54) is 0 Å². The SMILES string of the molecule is CC(=O)N1c2ccc(-c3ccc(C=O)cc3)cc2[C@H](Nc2ccc(Cl)cc2)C[C@@H]1C. The van der Waals surface area contributed by atoms with E-state index < -0.39 is 0 Å². The average molecular weight is 419 g/mol. The number of carbonyl (C=O) groups is 2. The first-order valence-corrected chi connectivity index (χ1v) is 10.4. The van der Waals surface area contributed by atoms with Crippen molar-refractivity contribution in [1.29, 1.82) is 0 Å². The largest absolute Gasteiger partial charge is 0.378 e.